The molecular formula is C27H29Cl3N4O3. The molecule has 0 unspecified atom stereocenters. The summed E-state index contributed by atoms with van der Waals surface area (Å²) in [6.45, 7) is 0.845. The average Bonchev–Trinajstić information content (AvgIpc) is 3.31. The first kappa shape index (κ1) is 27.3. The van der Waals surface area contributed by atoms with Crippen molar-refractivity contribution in [2.24, 2.45) is 0 Å². The SMILES string of the molecule is O=C(CCl)N[C@@H](Cc1ccccc1)C(=O)N1CCCC[C@H]1C(=O)NCCc1c[nH]c2cc(Cl)cc(Cl)c12. The number of alkyl halides is 1. The Hall–Kier alpha value is -2.74. The number of aromatic nitrogens is 1. The maximum atomic E-state index is 13.6. The number of nitrogens with zero attached hydrogens (tertiary/aromatic N) is 1. The van der Waals surface area contributed by atoms with Gasteiger partial charge in [-0.25, -0.2) is 0 Å². The minimum atomic E-state index is -0.803. The van der Waals surface area contributed by atoms with Crippen LogP contribution in [0.25, 0.3) is 10.9 Å². The van der Waals surface area contributed by atoms with E-state index < -0.39 is 18.0 Å². The number of benzene rings is 2. The van der Waals surface area contributed by atoms with Gasteiger partial charge in [-0.05, 0) is 48.9 Å². The molecule has 2 heterocycles. The van der Waals surface area contributed by atoms with Crippen LogP contribution in [0.3, 0.4) is 0 Å². The summed E-state index contributed by atoms with van der Waals surface area (Å²) in [4.78, 5) is 43.7. The average molecular weight is 564 g/mol. The van der Waals surface area contributed by atoms with Gasteiger partial charge in [-0.2, -0.15) is 0 Å². The third-order valence-corrected chi connectivity index (χ3v) is 7.36. The van der Waals surface area contributed by atoms with Gasteiger partial charge >= 0.3 is 0 Å². The second-order valence-corrected chi connectivity index (χ2v) is 10.3. The van der Waals surface area contributed by atoms with E-state index in [-0.39, 0.29) is 17.7 Å². The molecule has 0 spiro atoms. The van der Waals surface area contributed by atoms with Gasteiger partial charge in [-0.3, -0.25) is 14.4 Å². The minimum Gasteiger partial charge on any atom is -0.361 e. The lowest BCUT2D eigenvalue weighted by Gasteiger charge is -2.37. The van der Waals surface area contributed by atoms with Crippen molar-refractivity contribution in [1.82, 2.24) is 20.5 Å². The number of carbonyl (C=O) groups is 3. The van der Waals surface area contributed by atoms with Crippen LogP contribution < -0.4 is 10.6 Å². The number of halogens is 3. The van der Waals surface area contributed by atoms with E-state index in [2.05, 4.69) is 15.6 Å². The fraction of sp³-hybridized carbons (Fsp3) is 0.370. The quantitative estimate of drug-likeness (QED) is 0.335. The number of nitrogens with one attached hydrogen (secondary N) is 3. The molecule has 3 N–H and O–H groups in total. The molecular weight excluding hydrogens is 535 g/mol. The van der Waals surface area contributed by atoms with Crippen molar-refractivity contribution in [2.75, 3.05) is 19.0 Å². The Balaban J connectivity index is 1.43. The lowest BCUT2D eigenvalue weighted by Crippen LogP contribution is -2.58. The Bertz CT molecular complexity index is 1260. The lowest BCUT2D eigenvalue weighted by molar-refractivity contribution is -0.144. The fourth-order valence-corrected chi connectivity index (χ4v) is 5.53. The highest BCUT2D eigenvalue weighted by molar-refractivity contribution is 6.38. The first-order valence-corrected chi connectivity index (χ1v) is 13.6. The second-order valence-electron chi connectivity index (χ2n) is 9.15. The monoisotopic (exact) mass is 562 g/mol. The molecule has 0 bridgehead atoms. The van der Waals surface area contributed by atoms with Crippen LogP contribution in [-0.2, 0) is 27.2 Å². The number of amides is 3. The van der Waals surface area contributed by atoms with Crippen molar-refractivity contribution in [3.63, 3.8) is 0 Å². The molecule has 0 saturated carbocycles. The highest BCUT2D eigenvalue weighted by Crippen LogP contribution is 2.30. The largest absolute Gasteiger partial charge is 0.361 e. The smallest absolute Gasteiger partial charge is 0.246 e. The van der Waals surface area contributed by atoms with E-state index in [1.54, 1.807) is 11.0 Å². The van der Waals surface area contributed by atoms with Gasteiger partial charge in [0.2, 0.25) is 17.7 Å². The zero-order valence-electron chi connectivity index (χ0n) is 20.2. The Morgan fingerprint density at radius 1 is 1.11 bits per heavy atom. The summed E-state index contributed by atoms with van der Waals surface area (Å²) in [5.41, 5.74) is 2.72. The number of hydrogen-bond acceptors (Lipinski definition) is 3. The number of H-pyrrole nitrogens is 1. The fourth-order valence-electron chi connectivity index (χ4n) is 4.84. The molecule has 1 aliphatic heterocycles. The second kappa shape index (κ2) is 12.7. The molecule has 1 saturated heterocycles. The summed E-state index contributed by atoms with van der Waals surface area (Å²) in [7, 11) is 0. The van der Waals surface area contributed by atoms with Gasteiger partial charge in [-0.15, -0.1) is 11.6 Å². The zero-order valence-corrected chi connectivity index (χ0v) is 22.5. The van der Waals surface area contributed by atoms with Crippen LogP contribution in [-0.4, -0.2) is 58.7 Å². The summed E-state index contributed by atoms with van der Waals surface area (Å²) in [5.74, 6) is -1.15. The Morgan fingerprint density at radius 3 is 2.65 bits per heavy atom. The molecule has 0 aliphatic carbocycles. The van der Waals surface area contributed by atoms with Crippen LogP contribution in [0.1, 0.15) is 30.4 Å². The number of aromatic amines is 1. The number of carbonyl (C=O) groups excluding carboxylic acids is 3. The van der Waals surface area contributed by atoms with Gasteiger partial charge in [0.25, 0.3) is 0 Å². The molecule has 1 aliphatic rings. The van der Waals surface area contributed by atoms with E-state index in [9.17, 15) is 14.4 Å². The maximum absolute atomic E-state index is 13.6. The van der Waals surface area contributed by atoms with Crippen LogP contribution in [0.5, 0.6) is 0 Å². The Kier molecular flexibility index (Phi) is 9.35. The van der Waals surface area contributed by atoms with Crippen LogP contribution >= 0.6 is 34.8 Å². The number of fused-ring (bicyclic) bond motifs is 1. The van der Waals surface area contributed by atoms with E-state index in [0.717, 1.165) is 34.9 Å². The normalized spacial score (nSPS) is 16.4. The van der Waals surface area contributed by atoms with Gasteiger partial charge in [0, 0.05) is 41.6 Å². The summed E-state index contributed by atoms with van der Waals surface area (Å²) in [6.07, 6.45) is 4.96. The van der Waals surface area contributed by atoms with E-state index in [0.29, 0.717) is 42.4 Å². The van der Waals surface area contributed by atoms with Gasteiger partial charge in [0.05, 0.1) is 5.02 Å². The topological polar surface area (TPSA) is 94.3 Å². The number of rotatable bonds is 9. The summed E-state index contributed by atoms with van der Waals surface area (Å²) in [5, 5.41) is 7.71. The van der Waals surface area contributed by atoms with Crippen molar-refractivity contribution >= 4 is 63.4 Å². The van der Waals surface area contributed by atoms with E-state index in [1.807, 2.05) is 42.6 Å². The predicted molar refractivity (Wildman–Crippen MR) is 147 cm³/mol. The van der Waals surface area contributed by atoms with Crippen LogP contribution in [0.4, 0.5) is 0 Å². The number of hydrogen-bond donors (Lipinski definition) is 3. The first-order valence-electron chi connectivity index (χ1n) is 12.3. The Morgan fingerprint density at radius 2 is 1.89 bits per heavy atom. The molecule has 10 heteroatoms. The molecule has 3 aromatic rings. The van der Waals surface area contributed by atoms with Crippen LogP contribution in [0.15, 0.2) is 48.7 Å². The third-order valence-electron chi connectivity index (χ3n) is 6.60. The standard InChI is InChI=1S/C27H29Cl3N4O3/c28-15-24(35)33-22(12-17-6-2-1-3-7-17)27(37)34-11-5-4-8-23(34)26(36)31-10-9-18-16-32-21-14-19(29)13-20(30)25(18)21/h1-3,6-7,13-14,16,22-23,32H,4-5,8-12,15H2,(H,31,36)(H,33,35)/t22-,23-/m0/s1. The van der Waals surface area contributed by atoms with Crippen molar-refractivity contribution in [3.05, 3.63) is 69.8 Å². The summed E-state index contributed by atoms with van der Waals surface area (Å²) in [6, 6.07) is 11.6. The van der Waals surface area contributed by atoms with E-state index in [4.69, 9.17) is 34.8 Å². The third kappa shape index (κ3) is 6.78. The van der Waals surface area contributed by atoms with Crippen molar-refractivity contribution in [1.29, 1.82) is 0 Å². The Labute approximate surface area is 230 Å². The van der Waals surface area contributed by atoms with Gasteiger partial charge in [-0.1, -0.05) is 53.5 Å². The molecule has 2 aromatic carbocycles. The van der Waals surface area contributed by atoms with Crippen LogP contribution in [0.2, 0.25) is 10.0 Å². The van der Waals surface area contributed by atoms with Crippen LogP contribution in [0, 0.1) is 0 Å². The van der Waals surface area contributed by atoms with E-state index in [1.165, 1.54) is 0 Å². The predicted octanol–water partition coefficient (Wildman–Crippen LogP) is 4.48. The molecule has 4 rings (SSSR count). The van der Waals surface area contributed by atoms with Gasteiger partial charge in [0.15, 0.2) is 0 Å². The molecule has 2 atom stereocenters. The first-order chi connectivity index (χ1) is 17.9. The maximum Gasteiger partial charge on any atom is 0.246 e. The van der Waals surface area contributed by atoms with Crippen molar-refractivity contribution < 1.29 is 14.4 Å². The number of likely N-dealkylation sites (tertiary alicyclic amines) is 1. The van der Waals surface area contributed by atoms with Gasteiger partial charge < -0.3 is 20.5 Å². The van der Waals surface area contributed by atoms with Crippen molar-refractivity contribution in [3.8, 4) is 0 Å². The molecule has 7 nitrogen and oxygen atoms in total. The lowest BCUT2D eigenvalue weighted by atomic mass is 9.98. The molecule has 3 amide bonds. The van der Waals surface area contributed by atoms with Crippen molar-refractivity contribution in [2.45, 2.75) is 44.2 Å². The highest BCUT2D eigenvalue weighted by Gasteiger charge is 2.36. The molecule has 196 valence electrons. The van der Waals surface area contributed by atoms with Gasteiger partial charge in [0.1, 0.15) is 18.0 Å². The minimum absolute atomic E-state index is 0.204. The number of piperidine rings is 1. The molecule has 37 heavy (non-hydrogen) atoms. The van der Waals surface area contributed by atoms with E-state index >= 15 is 0 Å². The summed E-state index contributed by atoms with van der Waals surface area (Å²) < 4.78 is 0. The molecule has 1 aromatic heterocycles. The molecule has 1 fully saturated rings. The zero-order chi connectivity index (χ0) is 26.4. The molecule has 0 radical (unpaired) electrons. The summed E-state index contributed by atoms with van der Waals surface area (Å²) >= 11 is 18.2. The highest BCUT2D eigenvalue weighted by atomic mass is 35.5.